The molecule has 0 amide bonds. The van der Waals surface area contributed by atoms with Crippen LogP contribution in [0.15, 0.2) is 36.7 Å². The summed E-state index contributed by atoms with van der Waals surface area (Å²) < 4.78 is 38.6. The molecule has 0 N–H and O–H groups in total. The molecule has 0 spiro atoms. The van der Waals surface area contributed by atoms with Gasteiger partial charge in [0.25, 0.3) is 0 Å². The number of hydrogen-bond donors (Lipinski definition) is 0. The molecule has 2 aromatic rings. The number of piperidine rings is 1. The van der Waals surface area contributed by atoms with Crippen LogP contribution in [0.5, 0.6) is 0 Å². The first-order valence-corrected chi connectivity index (χ1v) is 8.79. The van der Waals surface area contributed by atoms with E-state index >= 15 is 0 Å². The molecule has 1 unspecified atom stereocenters. The van der Waals surface area contributed by atoms with Crippen LogP contribution in [0.1, 0.15) is 24.1 Å². The Balaban J connectivity index is 1.69. The summed E-state index contributed by atoms with van der Waals surface area (Å²) in [5.74, 6) is 0.293. The lowest BCUT2D eigenvalue weighted by molar-refractivity contribution is -0.141. The summed E-state index contributed by atoms with van der Waals surface area (Å²) in [6.07, 6.45) is -1.61. The normalized spacial score (nSPS) is 18.7. The molecule has 0 bridgehead atoms. The molecule has 8 heteroatoms. The Hall–Kier alpha value is -1.86. The van der Waals surface area contributed by atoms with Crippen LogP contribution < -0.4 is 4.90 Å². The quantitative estimate of drug-likeness (QED) is 0.788. The van der Waals surface area contributed by atoms with Gasteiger partial charge in [0.15, 0.2) is 0 Å². The molecular weight excluding hydrogens is 365 g/mol. The maximum absolute atomic E-state index is 12.9. The molecule has 2 heterocycles. The van der Waals surface area contributed by atoms with Crippen LogP contribution in [0.25, 0.3) is 0 Å². The summed E-state index contributed by atoms with van der Waals surface area (Å²) in [6.45, 7) is 2.48. The molecule has 0 radical (unpaired) electrons. The fourth-order valence-electron chi connectivity index (χ4n) is 3.27. The molecule has 1 aromatic heterocycles. The monoisotopic (exact) mass is 384 g/mol. The van der Waals surface area contributed by atoms with E-state index in [1.165, 1.54) is 0 Å². The van der Waals surface area contributed by atoms with Crippen LogP contribution >= 0.6 is 11.6 Å². The Morgan fingerprint density at radius 1 is 1.27 bits per heavy atom. The van der Waals surface area contributed by atoms with E-state index < -0.39 is 11.9 Å². The van der Waals surface area contributed by atoms with Gasteiger partial charge in [-0.1, -0.05) is 23.7 Å². The standard InChI is InChI=1S/C18H20ClF3N4/c1-25(17-9-16(18(20,21)22)23-12-24-17)15-6-3-7-26(11-15)10-13-4-2-5-14(19)8-13/h2,4-5,8-9,12,15H,3,6-7,10-11H2,1H3. The maximum atomic E-state index is 12.9. The summed E-state index contributed by atoms with van der Waals surface area (Å²) in [6, 6.07) is 8.83. The third-order valence-electron chi connectivity index (χ3n) is 4.63. The second-order valence-corrected chi connectivity index (χ2v) is 6.97. The van der Waals surface area contributed by atoms with Crippen LogP contribution in [-0.2, 0) is 12.7 Å². The number of halogens is 4. The lowest BCUT2D eigenvalue weighted by atomic mass is 10.0. The molecule has 1 atom stereocenters. The Morgan fingerprint density at radius 3 is 2.81 bits per heavy atom. The molecule has 3 rings (SSSR count). The number of hydrogen-bond acceptors (Lipinski definition) is 4. The third-order valence-corrected chi connectivity index (χ3v) is 4.86. The van der Waals surface area contributed by atoms with Crippen molar-refractivity contribution in [3.63, 3.8) is 0 Å². The Kier molecular flexibility index (Phi) is 5.67. The molecule has 0 aliphatic carbocycles. The molecule has 0 saturated carbocycles. The van der Waals surface area contributed by atoms with E-state index in [1.54, 1.807) is 7.05 Å². The SMILES string of the molecule is CN(c1cc(C(F)(F)F)ncn1)C1CCCN(Cc2cccc(Cl)c2)C1. The first kappa shape index (κ1) is 18.9. The molecule has 140 valence electrons. The van der Waals surface area contributed by atoms with Crippen molar-refractivity contribution in [2.24, 2.45) is 0 Å². The Bertz CT molecular complexity index is 753. The van der Waals surface area contributed by atoms with E-state index in [0.717, 1.165) is 50.4 Å². The van der Waals surface area contributed by atoms with Crippen molar-refractivity contribution in [2.45, 2.75) is 31.6 Å². The zero-order chi connectivity index (χ0) is 18.7. The van der Waals surface area contributed by atoms with Crippen molar-refractivity contribution in [1.82, 2.24) is 14.9 Å². The van der Waals surface area contributed by atoms with Gasteiger partial charge < -0.3 is 4.90 Å². The van der Waals surface area contributed by atoms with Crippen LogP contribution in [0, 0.1) is 0 Å². The van der Waals surface area contributed by atoms with E-state index in [4.69, 9.17) is 11.6 Å². The van der Waals surface area contributed by atoms with E-state index in [9.17, 15) is 13.2 Å². The minimum absolute atomic E-state index is 0.0962. The number of rotatable bonds is 4. The van der Waals surface area contributed by atoms with Gasteiger partial charge in [0.1, 0.15) is 17.8 Å². The minimum atomic E-state index is -4.47. The van der Waals surface area contributed by atoms with Crippen LogP contribution in [0.4, 0.5) is 19.0 Å². The molecule has 26 heavy (non-hydrogen) atoms. The van der Waals surface area contributed by atoms with Crippen molar-refractivity contribution in [2.75, 3.05) is 25.0 Å². The van der Waals surface area contributed by atoms with Gasteiger partial charge in [-0.25, -0.2) is 9.97 Å². The second kappa shape index (κ2) is 7.80. The fraction of sp³-hybridized carbons (Fsp3) is 0.444. The molecule has 4 nitrogen and oxygen atoms in total. The highest BCUT2D eigenvalue weighted by Gasteiger charge is 2.33. The molecule has 1 aliphatic heterocycles. The Labute approximate surface area is 155 Å². The fourth-order valence-corrected chi connectivity index (χ4v) is 3.48. The molecule has 1 aromatic carbocycles. The molecule has 1 saturated heterocycles. The number of benzene rings is 1. The van der Waals surface area contributed by atoms with Gasteiger partial charge in [-0.2, -0.15) is 13.2 Å². The number of nitrogens with zero attached hydrogens (tertiary/aromatic N) is 4. The smallest absolute Gasteiger partial charge is 0.355 e. The Morgan fingerprint density at radius 2 is 2.08 bits per heavy atom. The van der Waals surface area contributed by atoms with Gasteiger partial charge in [-0.15, -0.1) is 0 Å². The minimum Gasteiger partial charge on any atom is -0.355 e. The predicted octanol–water partition coefficient (Wildman–Crippen LogP) is 4.25. The van der Waals surface area contributed by atoms with Gasteiger partial charge >= 0.3 is 6.18 Å². The van der Waals surface area contributed by atoms with Crippen molar-refractivity contribution in [3.8, 4) is 0 Å². The van der Waals surface area contributed by atoms with Gasteiger partial charge in [0, 0.05) is 37.3 Å². The van der Waals surface area contributed by atoms with Crippen LogP contribution in [0.2, 0.25) is 5.02 Å². The molecule has 1 fully saturated rings. The van der Waals surface area contributed by atoms with Crippen molar-refractivity contribution < 1.29 is 13.2 Å². The summed E-state index contributed by atoms with van der Waals surface area (Å²) >= 11 is 6.04. The highest BCUT2D eigenvalue weighted by Crippen LogP contribution is 2.30. The summed E-state index contributed by atoms with van der Waals surface area (Å²) in [7, 11) is 1.79. The summed E-state index contributed by atoms with van der Waals surface area (Å²) in [5, 5.41) is 0.703. The van der Waals surface area contributed by atoms with Crippen molar-refractivity contribution in [1.29, 1.82) is 0 Å². The van der Waals surface area contributed by atoms with Crippen molar-refractivity contribution >= 4 is 17.4 Å². The van der Waals surface area contributed by atoms with E-state index in [1.807, 2.05) is 29.2 Å². The average molecular weight is 385 g/mol. The van der Waals surface area contributed by atoms with Crippen molar-refractivity contribution in [3.05, 3.63) is 52.9 Å². The zero-order valence-corrected chi connectivity index (χ0v) is 15.1. The summed E-state index contributed by atoms with van der Waals surface area (Å²) in [4.78, 5) is 11.5. The maximum Gasteiger partial charge on any atom is 0.433 e. The third kappa shape index (κ3) is 4.65. The van der Waals surface area contributed by atoms with E-state index in [-0.39, 0.29) is 6.04 Å². The highest BCUT2D eigenvalue weighted by molar-refractivity contribution is 6.30. The van der Waals surface area contributed by atoms with Crippen LogP contribution in [0.3, 0.4) is 0 Å². The van der Waals surface area contributed by atoms with Gasteiger partial charge in [-0.05, 0) is 37.1 Å². The number of aromatic nitrogens is 2. The summed E-state index contributed by atoms with van der Waals surface area (Å²) in [5.41, 5.74) is 0.211. The highest BCUT2D eigenvalue weighted by atomic mass is 35.5. The molecular formula is C18H20ClF3N4. The second-order valence-electron chi connectivity index (χ2n) is 6.53. The number of likely N-dealkylation sites (N-methyl/N-ethyl adjacent to an activating group) is 1. The first-order chi connectivity index (χ1) is 12.3. The predicted molar refractivity (Wildman–Crippen MR) is 95.2 cm³/mol. The van der Waals surface area contributed by atoms with E-state index in [2.05, 4.69) is 14.9 Å². The van der Waals surface area contributed by atoms with Gasteiger partial charge in [0.05, 0.1) is 0 Å². The number of anilines is 1. The first-order valence-electron chi connectivity index (χ1n) is 8.42. The largest absolute Gasteiger partial charge is 0.433 e. The number of alkyl halides is 3. The van der Waals surface area contributed by atoms with Crippen LogP contribution in [-0.4, -0.2) is 41.0 Å². The van der Waals surface area contributed by atoms with Gasteiger partial charge in [0.2, 0.25) is 0 Å². The van der Waals surface area contributed by atoms with E-state index in [0.29, 0.717) is 10.8 Å². The topological polar surface area (TPSA) is 32.3 Å². The molecule has 1 aliphatic rings. The number of likely N-dealkylation sites (tertiary alicyclic amines) is 1. The zero-order valence-electron chi connectivity index (χ0n) is 14.4. The average Bonchev–Trinajstić information content (AvgIpc) is 2.61. The lowest BCUT2D eigenvalue weighted by Gasteiger charge is -2.38. The lowest BCUT2D eigenvalue weighted by Crippen LogP contribution is -2.46. The van der Waals surface area contributed by atoms with Gasteiger partial charge in [-0.3, -0.25) is 4.90 Å².